The maximum absolute atomic E-state index is 14.1. The molecule has 2 rings (SSSR count). The van der Waals surface area contributed by atoms with Crippen molar-refractivity contribution in [2.75, 3.05) is 19.7 Å². The molecule has 0 fully saturated rings. The Kier molecular flexibility index (Phi) is 6.79. The van der Waals surface area contributed by atoms with Crippen LogP contribution in [-0.2, 0) is 10.9 Å². The lowest BCUT2D eigenvalue weighted by Gasteiger charge is -2.18. The molecule has 138 valence electrons. The summed E-state index contributed by atoms with van der Waals surface area (Å²) in [5, 5.41) is 6.09. The van der Waals surface area contributed by atoms with Crippen molar-refractivity contribution in [3.63, 3.8) is 0 Å². The molecule has 1 heterocycles. The standard InChI is InChI=1S/C17H17F2N3O3S/c1-3-10-22(11-4-2)14(23)12-24-16-21-20-15(26-16)17(18,19)25-13-8-6-5-7-9-13/h3-9H,1-2,10-12H2. The fourth-order valence-electron chi connectivity index (χ4n) is 1.87. The number of benzene rings is 1. The predicted molar refractivity (Wildman–Crippen MR) is 93.3 cm³/mol. The lowest BCUT2D eigenvalue weighted by Crippen LogP contribution is -2.35. The Morgan fingerprint density at radius 3 is 2.46 bits per heavy atom. The molecule has 6 nitrogen and oxygen atoms in total. The second-order valence-corrected chi connectivity index (χ2v) is 5.91. The number of aromatic nitrogens is 2. The van der Waals surface area contributed by atoms with Gasteiger partial charge in [0.15, 0.2) is 6.61 Å². The SMILES string of the molecule is C=CCN(CC=C)C(=O)COc1nnc(C(F)(F)Oc2ccccc2)s1. The molecule has 0 bridgehead atoms. The highest BCUT2D eigenvalue weighted by molar-refractivity contribution is 7.13. The lowest BCUT2D eigenvalue weighted by molar-refractivity contribution is -0.185. The molecule has 0 radical (unpaired) electrons. The van der Waals surface area contributed by atoms with E-state index >= 15 is 0 Å². The molecule has 9 heteroatoms. The van der Waals surface area contributed by atoms with Crippen LogP contribution in [0.15, 0.2) is 55.6 Å². The van der Waals surface area contributed by atoms with Crippen LogP contribution < -0.4 is 9.47 Å². The number of ether oxygens (including phenoxy) is 2. The number of amides is 1. The summed E-state index contributed by atoms with van der Waals surface area (Å²) in [5.41, 5.74) is 0. The van der Waals surface area contributed by atoms with Crippen LogP contribution in [0.2, 0.25) is 0 Å². The zero-order valence-electron chi connectivity index (χ0n) is 13.8. The van der Waals surface area contributed by atoms with Gasteiger partial charge < -0.3 is 14.4 Å². The molecule has 0 aliphatic heterocycles. The van der Waals surface area contributed by atoms with Crippen molar-refractivity contribution in [1.82, 2.24) is 15.1 Å². The van der Waals surface area contributed by atoms with Crippen molar-refractivity contribution in [2.24, 2.45) is 0 Å². The number of rotatable bonds is 10. The van der Waals surface area contributed by atoms with Gasteiger partial charge in [-0.3, -0.25) is 4.79 Å². The van der Waals surface area contributed by atoms with E-state index in [1.165, 1.54) is 17.0 Å². The summed E-state index contributed by atoms with van der Waals surface area (Å²) in [6.07, 6.45) is -0.541. The molecule has 1 aromatic heterocycles. The van der Waals surface area contributed by atoms with Gasteiger partial charge in [0.25, 0.3) is 11.1 Å². The van der Waals surface area contributed by atoms with E-state index in [2.05, 4.69) is 28.1 Å². The summed E-state index contributed by atoms with van der Waals surface area (Å²) in [6.45, 7) is 7.40. The first-order valence-corrected chi connectivity index (χ1v) is 8.36. The van der Waals surface area contributed by atoms with E-state index < -0.39 is 11.1 Å². The van der Waals surface area contributed by atoms with E-state index in [0.717, 1.165) is 0 Å². The average molecular weight is 381 g/mol. The van der Waals surface area contributed by atoms with E-state index in [0.29, 0.717) is 24.4 Å². The van der Waals surface area contributed by atoms with E-state index in [1.807, 2.05) is 0 Å². The molecule has 0 aliphatic carbocycles. The van der Waals surface area contributed by atoms with Gasteiger partial charge in [0.1, 0.15) is 5.75 Å². The number of hydrogen-bond donors (Lipinski definition) is 0. The van der Waals surface area contributed by atoms with Gasteiger partial charge >= 0.3 is 6.11 Å². The summed E-state index contributed by atoms with van der Waals surface area (Å²) < 4.78 is 38.0. The molecular weight excluding hydrogens is 364 g/mol. The van der Waals surface area contributed by atoms with Gasteiger partial charge in [0.2, 0.25) is 5.01 Å². The normalized spacial score (nSPS) is 10.8. The number of alkyl halides is 2. The van der Waals surface area contributed by atoms with Crippen LogP contribution in [0.25, 0.3) is 0 Å². The molecule has 0 aliphatic rings. The first kappa shape index (κ1) is 19.5. The smallest absolute Gasteiger partial charge is 0.456 e. The Bertz CT molecular complexity index is 743. The van der Waals surface area contributed by atoms with Crippen molar-refractivity contribution in [1.29, 1.82) is 0 Å². The molecule has 0 unspecified atom stereocenters. The van der Waals surface area contributed by atoms with Gasteiger partial charge in [-0.25, -0.2) is 0 Å². The Labute approximate surface area is 153 Å². The van der Waals surface area contributed by atoms with Crippen LogP contribution in [0.4, 0.5) is 8.78 Å². The molecular formula is C17H17F2N3O3S. The Balaban J connectivity index is 1.97. The largest absolute Gasteiger partial charge is 0.459 e. The van der Waals surface area contributed by atoms with Crippen LogP contribution in [0.1, 0.15) is 5.01 Å². The maximum Gasteiger partial charge on any atom is 0.456 e. The van der Waals surface area contributed by atoms with Crippen LogP contribution in [0.3, 0.4) is 0 Å². The Morgan fingerprint density at radius 1 is 1.19 bits per heavy atom. The van der Waals surface area contributed by atoms with Gasteiger partial charge in [-0.05, 0) is 23.5 Å². The summed E-state index contributed by atoms with van der Waals surface area (Å²) in [7, 11) is 0. The minimum absolute atomic E-state index is 0.00478. The highest BCUT2D eigenvalue weighted by Gasteiger charge is 2.39. The molecule has 0 saturated heterocycles. The van der Waals surface area contributed by atoms with Crippen LogP contribution in [0.5, 0.6) is 10.9 Å². The zero-order valence-corrected chi connectivity index (χ0v) is 14.6. The minimum atomic E-state index is -3.66. The molecule has 0 spiro atoms. The molecule has 0 N–H and O–H groups in total. The fourth-order valence-corrected chi connectivity index (χ4v) is 2.48. The van der Waals surface area contributed by atoms with Crippen molar-refractivity contribution in [3.8, 4) is 10.9 Å². The number of nitrogens with zero attached hydrogens (tertiary/aromatic N) is 3. The predicted octanol–water partition coefficient (Wildman–Crippen LogP) is 3.25. The van der Waals surface area contributed by atoms with E-state index in [-0.39, 0.29) is 23.5 Å². The number of carbonyl (C=O) groups excluding carboxylic acids is 1. The van der Waals surface area contributed by atoms with Crippen LogP contribution in [-0.4, -0.2) is 40.7 Å². The second-order valence-electron chi connectivity index (χ2n) is 4.97. The van der Waals surface area contributed by atoms with Gasteiger partial charge in [0, 0.05) is 13.1 Å². The van der Waals surface area contributed by atoms with Crippen molar-refractivity contribution >= 4 is 17.2 Å². The third kappa shape index (κ3) is 5.35. The van der Waals surface area contributed by atoms with E-state index in [4.69, 9.17) is 4.74 Å². The van der Waals surface area contributed by atoms with Gasteiger partial charge in [-0.15, -0.1) is 18.3 Å². The molecule has 1 amide bonds. The van der Waals surface area contributed by atoms with Crippen LogP contribution in [0, 0.1) is 0 Å². The Hall–Kier alpha value is -2.81. The average Bonchev–Trinajstić information content (AvgIpc) is 3.10. The molecule has 26 heavy (non-hydrogen) atoms. The molecule has 0 saturated carbocycles. The molecule has 1 aromatic carbocycles. The maximum atomic E-state index is 14.1. The van der Waals surface area contributed by atoms with Gasteiger partial charge in [-0.2, -0.15) is 8.78 Å². The fraction of sp³-hybridized carbons (Fsp3) is 0.235. The van der Waals surface area contributed by atoms with E-state index in [9.17, 15) is 13.6 Å². The monoisotopic (exact) mass is 381 g/mol. The van der Waals surface area contributed by atoms with E-state index in [1.54, 1.807) is 30.4 Å². The summed E-state index contributed by atoms with van der Waals surface area (Å²) in [4.78, 5) is 13.5. The number of halogens is 2. The third-order valence-electron chi connectivity index (χ3n) is 3.02. The minimum Gasteiger partial charge on any atom is -0.459 e. The van der Waals surface area contributed by atoms with Gasteiger partial charge in [-0.1, -0.05) is 35.4 Å². The van der Waals surface area contributed by atoms with Crippen molar-refractivity contribution < 1.29 is 23.0 Å². The summed E-state index contributed by atoms with van der Waals surface area (Å²) in [6, 6.07) is 7.63. The summed E-state index contributed by atoms with van der Waals surface area (Å²) >= 11 is 0.509. The van der Waals surface area contributed by atoms with Crippen LogP contribution >= 0.6 is 11.3 Å². The first-order chi connectivity index (χ1) is 12.5. The van der Waals surface area contributed by atoms with Crippen molar-refractivity contribution in [3.05, 3.63) is 60.6 Å². The second kappa shape index (κ2) is 9.04. The third-order valence-corrected chi connectivity index (χ3v) is 3.90. The quantitative estimate of drug-likeness (QED) is 0.591. The number of hydrogen-bond acceptors (Lipinski definition) is 6. The summed E-state index contributed by atoms with van der Waals surface area (Å²) in [5.74, 6) is -0.358. The zero-order chi connectivity index (χ0) is 19.0. The highest BCUT2D eigenvalue weighted by atomic mass is 32.1. The first-order valence-electron chi connectivity index (χ1n) is 7.54. The topological polar surface area (TPSA) is 64.6 Å². The molecule has 2 aromatic rings. The van der Waals surface area contributed by atoms with Gasteiger partial charge in [0.05, 0.1) is 0 Å². The lowest BCUT2D eigenvalue weighted by atomic mass is 10.3. The number of carbonyl (C=O) groups is 1. The highest BCUT2D eigenvalue weighted by Crippen LogP contribution is 2.35. The Morgan fingerprint density at radius 2 is 1.85 bits per heavy atom. The molecule has 0 atom stereocenters. The number of para-hydroxylation sites is 1. The van der Waals surface area contributed by atoms with Crippen molar-refractivity contribution in [2.45, 2.75) is 6.11 Å².